The molecule has 0 aromatic heterocycles. The Morgan fingerprint density at radius 1 is 1.19 bits per heavy atom. The summed E-state index contributed by atoms with van der Waals surface area (Å²) in [5.41, 5.74) is 4.07. The fraction of sp³-hybridized carbons (Fsp3) is 0.409. The van der Waals surface area contributed by atoms with E-state index < -0.39 is 11.7 Å². The van der Waals surface area contributed by atoms with Crippen LogP contribution in [0.2, 0.25) is 0 Å². The second kappa shape index (κ2) is 7.02. The van der Waals surface area contributed by atoms with Gasteiger partial charge in [-0.05, 0) is 69.2 Å². The third-order valence-electron chi connectivity index (χ3n) is 4.60. The van der Waals surface area contributed by atoms with Crippen LogP contribution in [0.15, 0.2) is 36.4 Å². The van der Waals surface area contributed by atoms with E-state index in [2.05, 4.69) is 0 Å². The predicted molar refractivity (Wildman–Crippen MR) is 104 cm³/mol. The molecule has 0 atom stereocenters. The smallest absolute Gasteiger partial charge is 0.415 e. The largest absolute Gasteiger partial charge is 0.505 e. The van der Waals surface area contributed by atoms with E-state index in [1.165, 1.54) is 5.56 Å². The molecule has 1 aliphatic rings. The predicted octanol–water partition coefficient (Wildman–Crippen LogP) is 5.13. The van der Waals surface area contributed by atoms with Crippen molar-refractivity contribution in [1.82, 2.24) is 0 Å². The third kappa shape index (κ3) is 3.85. The number of phenolic OH excluding ortho intramolecular Hbond substituents is 1. The number of carbonyl (C=O) groups is 1. The lowest BCUT2D eigenvalue weighted by Crippen LogP contribution is -2.37. The highest BCUT2D eigenvalue weighted by Crippen LogP contribution is 2.42. The lowest BCUT2D eigenvalue weighted by atomic mass is 10.0. The van der Waals surface area contributed by atoms with Gasteiger partial charge in [-0.2, -0.15) is 0 Å². The number of ether oxygens (including phenoxy) is 1. The van der Waals surface area contributed by atoms with Crippen molar-refractivity contribution in [2.45, 2.75) is 59.1 Å². The molecule has 0 saturated heterocycles. The van der Waals surface area contributed by atoms with Crippen LogP contribution in [0, 0.1) is 6.92 Å². The normalized spacial score (nSPS) is 13.4. The number of anilines is 1. The number of fused-ring (bicyclic) bond motifs is 1. The molecule has 1 amide bonds. The summed E-state index contributed by atoms with van der Waals surface area (Å²) in [6.07, 6.45) is 2.46. The molecule has 0 heterocycles. The number of benzene rings is 2. The maximum Gasteiger partial charge on any atom is 0.415 e. The maximum atomic E-state index is 13.0. The average molecular weight is 353 g/mol. The fourth-order valence-electron chi connectivity index (χ4n) is 3.46. The molecule has 0 saturated carbocycles. The number of rotatable bonds is 3. The van der Waals surface area contributed by atoms with Crippen LogP contribution in [0.4, 0.5) is 10.5 Å². The Kier molecular flexibility index (Phi) is 4.94. The van der Waals surface area contributed by atoms with E-state index >= 15 is 0 Å². The second-order valence-electron chi connectivity index (χ2n) is 7.93. The van der Waals surface area contributed by atoms with Crippen LogP contribution < -0.4 is 4.90 Å². The van der Waals surface area contributed by atoms with Crippen LogP contribution in [0.5, 0.6) is 5.75 Å². The van der Waals surface area contributed by atoms with Crippen molar-refractivity contribution in [2.24, 2.45) is 0 Å². The highest BCUT2D eigenvalue weighted by Gasteiger charge is 2.30. The van der Waals surface area contributed by atoms with E-state index in [9.17, 15) is 9.90 Å². The number of hydrogen-bond acceptors (Lipinski definition) is 3. The van der Waals surface area contributed by atoms with Gasteiger partial charge in [-0.1, -0.05) is 36.4 Å². The molecule has 0 aliphatic heterocycles. The van der Waals surface area contributed by atoms with Gasteiger partial charge in [0, 0.05) is 0 Å². The molecule has 2 aromatic carbocycles. The highest BCUT2D eigenvalue weighted by molar-refractivity contribution is 5.92. The zero-order valence-electron chi connectivity index (χ0n) is 16.0. The van der Waals surface area contributed by atoms with Gasteiger partial charge in [-0.3, -0.25) is 4.90 Å². The number of phenols is 1. The van der Waals surface area contributed by atoms with E-state index in [1.54, 1.807) is 4.90 Å². The Bertz CT molecular complexity index is 806. The Morgan fingerprint density at radius 2 is 1.88 bits per heavy atom. The van der Waals surface area contributed by atoms with Gasteiger partial charge >= 0.3 is 6.09 Å². The molecular formula is C22H27NO3. The van der Waals surface area contributed by atoms with Gasteiger partial charge in [0.15, 0.2) is 0 Å². The van der Waals surface area contributed by atoms with Crippen molar-refractivity contribution in [3.8, 4) is 5.75 Å². The van der Waals surface area contributed by atoms with E-state index in [1.807, 2.05) is 64.1 Å². The van der Waals surface area contributed by atoms with Crippen molar-refractivity contribution in [2.75, 3.05) is 4.90 Å². The Labute approximate surface area is 155 Å². The van der Waals surface area contributed by atoms with Crippen molar-refractivity contribution in [3.63, 3.8) is 0 Å². The van der Waals surface area contributed by atoms with Crippen molar-refractivity contribution in [3.05, 3.63) is 58.7 Å². The molecule has 138 valence electrons. The zero-order valence-corrected chi connectivity index (χ0v) is 16.0. The van der Waals surface area contributed by atoms with Gasteiger partial charge in [0.1, 0.15) is 11.4 Å². The highest BCUT2D eigenvalue weighted by atomic mass is 16.6. The van der Waals surface area contributed by atoms with E-state index in [0.717, 1.165) is 36.0 Å². The topological polar surface area (TPSA) is 49.8 Å². The van der Waals surface area contributed by atoms with Crippen LogP contribution in [0.3, 0.4) is 0 Å². The summed E-state index contributed by atoms with van der Waals surface area (Å²) < 4.78 is 5.66. The molecule has 4 heteroatoms. The monoisotopic (exact) mass is 353 g/mol. The van der Waals surface area contributed by atoms with E-state index in [4.69, 9.17) is 4.74 Å². The number of nitrogens with zero attached hydrogens (tertiary/aromatic N) is 1. The molecule has 2 aromatic rings. The number of carbonyl (C=O) groups excluding carboxylic acids is 1. The minimum Gasteiger partial charge on any atom is -0.505 e. The lowest BCUT2D eigenvalue weighted by molar-refractivity contribution is 0.0576. The molecular weight excluding hydrogens is 326 g/mol. The van der Waals surface area contributed by atoms with Crippen molar-refractivity contribution in [1.29, 1.82) is 0 Å². The lowest BCUT2D eigenvalue weighted by Gasteiger charge is -2.30. The van der Waals surface area contributed by atoms with E-state index in [0.29, 0.717) is 12.2 Å². The molecule has 0 fully saturated rings. The molecule has 4 nitrogen and oxygen atoms in total. The number of aromatic hydroxyl groups is 1. The van der Waals surface area contributed by atoms with Crippen LogP contribution >= 0.6 is 0 Å². The summed E-state index contributed by atoms with van der Waals surface area (Å²) in [6, 6.07) is 11.8. The van der Waals surface area contributed by atoms with Gasteiger partial charge in [-0.15, -0.1) is 0 Å². The molecule has 3 rings (SSSR count). The summed E-state index contributed by atoms with van der Waals surface area (Å²) in [5.74, 6) is 0.174. The number of aryl methyl sites for hydroxylation is 2. The van der Waals surface area contributed by atoms with Crippen LogP contribution in [-0.4, -0.2) is 16.8 Å². The van der Waals surface area contributed by atoms with Crippen molar-refractivity contribution >= 4 is 11.8 Å². The molecule has 0 unspecified atom stereocenters. The van der Waals surface area contributed by atoms with Crippen LogP contribution in [0.1, 0.15) is 49.4 Å². The first kappa shape index (κ1) is 18.3. The minimum atomic E-state index is -0.603. The molecule has 0 spiro atoms. The summed E-state index contributed by atoms with van der Waals surface area (Å²) in [6.45, 7) is 7.80. The standard InChI is InChI=1S/C22H27NO3/c1-15-13-17-11-8-12-18(17)19(20(15)24)23(21(25)26-22(2,3)4)14-16-9-6-5-7-10-16/h5-7,9-10,13,24H,8,11-12,14H2,1-4H3. The minimum absolute atomic E-state index is 0.174. The average Bonchev–Trinajstić information content (AvgIpc) is 3.01. The van der Waals surface area contributed by atoms with Gasteiger partial charge in [-0.25, -0.2) is 4.79 Å². The molecule has 1 N–H and O–H groups in total. The summed E-state index contributed by atoms with van der Waals surface area (Å²) >= 11 is 0. The van der Waals surface area contributed by atoms with Gasteiger partial charge in [0.2, 0.25) is 0 Å². The zero-order chi connectivity index (χ0) is 18.9. The molecule has 1 aliphatic carbocycles. The fourth-order valence-corrected chi connectivity index (χ4v) is 3.46. The van der Waals surface area contributed by atoms with Gasteiger partial charge < -0.3 is 9.84 Å². The first-order chi connectivity index (χ1) is 12.3. The van der Waals surface area contributed by atoms with Crippen LogP contribution in [0.25, 0.3) is 0 Å². The molecule has 26 heavy (non-hydrogen) atoms. The summed E-state index contributed by atoms with van der Waals surface area (Å²) in [7, 11) is 0. The Hall–Kier alpha value is -2.49. The second-order valence-corrected chi connectivity index (χ2v) is 7.93. The SMILES string of the molecule is Cc1cc2c(c(N(Cc3ccccc3)C(=O)OC(C)(C)C)c1O)CCC2. The first-order valence-corrected chi connectivity index (χ1v) is 9.15. The van der Waals surface area contributed by atoms with Crippen molar-refractivity contribution < 1.29 is 14.6 Å². The number of hydrogen-bond donors (Lipinski definition) is 1. The first-order valence-electron chi connectivity index (χ1n) is 9.15. The summed E-state index contributed by atoms with van der Waals surface area (Å²) in [5, 5.41) is 10.8. The van der Waals surface area contributed by atoms with Crippen LogP contribution in [-0.2, 0) is 24.1 Å². The van der Waals surface area contributed by atoms with E-state index in [-0.39, 0.29) is 5.75 Å². The Balaban J connectivity index is 2.08. The van der Waals surface area contributed by atoms with Gasteiger partial charge in [0.05, 0.1) is 12.2 Å². The maximum absolute atomic E-state index is 13.0. The molecule has 0 radical (unpaired) electrons. The number of amides is 1. The Morgan fingerprint density at radius 3 is 2.54 bits per heavy atom. The quantitative estimate of drug-likeness (QED) is 0.832. The molecule has 0 bridgehead atoms. The summed E-state index contributed by atoms with van der Waals surface area (Å²) in [4.78, 5) is 14.6. The third-order valence-corrected chi connectivity index (χ3v) is 4.60. The van der Waals surface area contributed by atoms with Gasteiger partial charge in [0.25, 0.3) is 0 Å².